The lowest BCUT2D eigenvalue weighted by Gasteiger charge is -2.31. The molecule has 0 amide bonds. The van der Waals surface area contributed by atoms with Crippen LogP contribution in [-0.4, -0.2) is 58.0 Å². The smallest absolute Gasteiger partial charge is 0.0761 e. The minimum absolute atomic E-state index is 0.161. The van der Waals surface area contributed by atoms with Crippen molar-refractivity contribution in [2.45, 2.75) is 71.1 Å². The largest absolute Gasteiger partial charge is 0.392 e. The molecule has 0 aliphatic heterocycles. The van der Waals surface area contributed by atoms with Gasteiger partial charge in [-0.25, -0.2) is 0 Å². The molecule has 4 heteroatoms. The van der Waals surface area contributed by atoms with Crippen molar-refractivity contribution in [2.75, 3.05) is 25.1 Å². The van der Waals surface area contributed by atoms with Crippen LogP contribution < -0.4 is 0 Å². The Balaban J connectivity index is 1.43. The second kappa shape index (κ2) is 11.4. The summed E-state index contributed by atoms with van der Waals surface area (Å²) in [5.41, 5.74) is 4.19. The molecule has 2 N–H and O–H groups in total. The number of aliphatic hydroxyl groups excluding tert-OH is 2. The lowest BCUT2D eigenvalue weighted by atomic mass is 9.88. The molecule has 0 aromatic heterocycles. The summed E-state index contributed by atoms with van der Waals surface area (Å²) in [7, 11) is 2.21. The first-order valence-electron chi connectivity index (χ1n) is 12.2. The van der Waals surface area contributed by atoms with Crippen LogP contribution in [0.4, 0.5) is 0 Å². The van der Waals surface area contributed by atoms with Crippen LogP contribution in [0.2, 0.25) is 0 Å². The van der Waals surface area contributed by atoms with Crippen molar-refractivity contribution in [3.8, 4) is 0 Å². The molecular formula is C28H43NO2S. The van der Waals surface area contributed by atoms with E-state index in [2.05, 4.69) is 81.8 Å². The Labute approximate surface area is 200 Å². The standard InChI is InChI=1S/C28H43NO2S/c1-20-7-6-8-21(15-20)17-24(30)9-10-25-26-18-22(16-23(26)19-27(25)31)11-13-32-14-12-29(5)28(2,3)4/h6-10,15-16,23-27,30-31H,11-14,17-19H2,1-5H3/b10-9+/t23-,24+,25+,26-,27+/m0/s1. The predicted molar refractivity (Wildman–Crippen MR) is 138 cm³/mol. The fraction of sp³-hybridized carbons (Fsp3) is 0.643. The van der Waals surface area contributed by atoms with E-state index in [9.17, 15) is 10.2 Å². The van der Waals surface area contributed by atoms with Crippen LogP contribution in [0, 0.1) is 24.7 Å². The number of aliphatic hydroxyl groups is 2. The molecule has 1 saturated carbocycles. The summed E-state index contributed by atoms with van der Waals surface area (Å²) in [5.74, 6) is 3.52. The average molecular weight is 458 g/mol. The highest BCUT2D eigenvalue weighted by molar-refractivity contribution is 7.99. The van der Waals surface area contributed by atoms with Crippen LogP contribution in [0.15, 0.2) is 48.1 Å². The zero-order chi connectivity index (χ0) is 23.3. The number of thioether (sulfide) groups is 1. The normalized spacial score (nSPS) is 26.7. The SMILES string of the molecule is Cc1cccc(C[C@H](O)/C=C/[C@@H]2[C@H]3CC(CCSCCN(C)C(C)(C)C)=C[C@H]3C[C@H]2O)c1. The van der Waals surface area contributed by atoms with E-state index in [1.165, 1.54) is 23.5 Å². The topological polar surface area (TPSA) is 43.7 Å². The van der Waals surface area contributed by atoms with Gasteiger partial charge in [0.05, 0.1) is 12.2 Å². The number of allylic oxidation sites excluding steroid dienone is 2. The number of nitrogens with zero attached hydrogens (tertiary/aromatic N) is 1. The highest BCUT2D eigenvalue weighted by Crippen LogP contribution is 2.48. The molecule has 3 rings (SSSR count). The van der Waals surface area contributed by atoms with Gasteiger partial charge in [-0.2, -0.15) is 11.8 Å². The maximum atomic E-state index is 10.6. The molecule has 0 heterocycles. The first kappa shape index (κ1) is 25.6. The monoisotopic (exact) mass is 457 g/mol. The highest BCUT2D eigenvalue weighted by atomic mass is 32.2. The Morgan fingerprint density at radius 3 is 2.75 bits per heavy atom. The van der Waals surface area contributed by atoms with Crippen LogP contribution in [-0.2, 0) is 6.42 Å². The van der Waals surface area contributed by atoms with E-state index in [1.807, 2.05) is 12.1 Å². The van der Waals surface area contributed by atoms with Gasteiger partial charge in [0.1, 0.15) is 0 Å². The second-order valence-corrected chi connectivity index (χ2v) is 12.1. The van der Waals surface area contributed by atoms with E-state index in [0.29, 0.717) is 18.3 Å². The van der Waals surface area contributed by atoms with Crippen LogP contribution >= 0.6 is 11.8 Å². The van der Waals surface area contributed by atoms with Crippen molar-refractivity contribution >= 4 is 11.8 Å². The van der Waals surface area contributed by atoms with Gasteiger partial charge in [-0.15, -0.1) is 0 Å². The van der Waals surface area contributed by atoms with Gasteiger partial charge in [0.25, 0.3) is 0 Å². The fourth-order valence-corrected chi connectivity index (χ4v) is 6.05. The summed E-state index contributed by atoms with van der Waals surface area (Å²) in [6.45, 7) is 10.00. The molecule has 2 aliphatic carbocycles. The summed E-state index contributed by atoms with van der Waals surface area (Å²) in [5, 5.41) is 21.1. The Morgan fingerprint density at radius 2 is 2.03 bits per heavy atom. The van der Waals surface area contributed by atoms with E-state index in [4.69, 9.17) is 0 Å². The first-order valence-corrected chi connectivity index (χ1v) is 13.4. The Morgan fingerprint density at radius 1 is 1.25 bits per heavy atom. The van der Waals surface area contributed by atoms with Gasteiger partial charge in [-0.1, -0.05) is 53.6 Å². The third kappa shape index (κ3) is 7.21. The van der Waals surface area contributed by atoms with Crippen molar-refractivity contribution in [2.24, 2.45) is 17.8 Å². The van der Waals surface area contributed by atoms with Crippen LogP contribution in [0.1, 0.15) is 51.2 Å². The summed E-state index contributed by atoms with van der Waals surface area (Å²) in [6, 6.07) is 8.31. The molecule has 32 heavy (non-hydrogen) atoms. The van der Waals surface area contributed by atoms with Crippen molar-refractivity contribution in [3.05, 3.63) is 59.2 Å². The minimum Gasteiger partial charge on any atom is -0.392 e. The molecule has 0 radical (unpaired) electrons. The molecule has 0 spiro atoms. The zero-order valence-electron chi connectivity index (χ0n) is 20.6. The Bertz CT molecular complexity index is 797. The zero-order valence-corrected chi connectivity index (χ0v) is 21.4. The summed E-state index contributed by atoms with van der Waals surface area (Å²) in [4.78, 5) is 2.42. The van der Waals surface area contributed by atoms with Gasteiger partial charge in [0, 0.05) is 30.2 Å². The number of rotatable bonds is 10. The first-order chi connectivity index (χ1) is 15.1. The summed E-state index contributed by atoms with van der Waals surface area (Å²) >= 11 is 2.05. The highest BCUT2D eigenvalue weighted by Gasteiger charge is 2.43. The third-order valence-corrected chi connectivity index (χ3v) is 8.28. The molecule has 1 aromatic rings. The van der Waals surface area contributed by atoms with Gasteiger partial charge < -0.3 is 15.1 Å². The maximum absolute atomic E-state index is 10.6. The molecule has 0 unspecified atom stereocenters. The van der Waals surface area contributed by atoms with Crippen molar-refractivity contribution in [1.82, 2.24) is 4.90 Å². The van der Waals surface area contributed by atoms with Gasteiger partial charge in [-0.05, 0) is 77.2 Å². The van der Waals surface area contributed by atoms with Crippen molar-refractivity contribution in [1.29, 1.82) is 0 Å². The van der Waals surface area contributed by atoms with E-state index in [0.717, 1.165) is 24.9 Å². The second-order valence-electron chi connectivity index (χ2n) is 10.8. The van der Waals surface area contributed by atoms with Crippen LogP contribution in [0.25, 0.3) is 0 Å². The summed E-state index contributed by atoms with van der Waals surface area (Å²) in [6.07, 6.45) is 9.44. The minimum atomic E-state index is -0.500. The van der Waals surface area contributed by atoms with E-state index in [-0.39, 0.29) is 17.6 Å². The van der Waals surface area contributed by atoms with Gasteiger partial charge >= 0.3 is 0 Å². The molecule has 3 nitrogen and oxygen atoms in total. The molecule has 0 bridgehead atoms. The number of hydrogen-bond donors (Lipinski definition) is 2. The van der Waals surface area contributed by atoms with Gasteiger partial charge in [0.2, 0.25) is 0 Å². The van der Waals surface area contributed by atoms with E-state index >= 15 is 0 Å². The predicted octanol–water partition coefficient (Wildman–Crippen LogP) is 5.25. The third-order valence-electron chi connectivity index (χ3n) is 7.32. The fourth-order valence-electron chi connectivity index (χ4n) is 5.04. The van der Waals surface area contributed by atoms with Crippen molar-refractivity contribution < 1.29 is 10.2 Å². The average Bonchev–Trinajstić information content (AvgIpc) is 3.21. The van der Waals surface area contributed by atoms with E-state index in [1.54, 1.807) is 5.57 Å². The van der Waals surface area contributed by atoms with E-state index < -0.39 is 6.10 Å². The van der Waals surface area contributed by atoms with Crippen LogP contribution in [0.3, 0.4) is 0 Å². The summed E-state index contributed by atoms with van der Waals surface area (Å²) < 4.78 is 0. The van der Waals surface area contributed by atoms with Crippen LogP contribution in [0.5, 0.6) is 0 Å². The van der Waals surface area contributed by atoms with Gasteiger partial charge in [-0.3, -0.25) is 0 Å². The molecule has 5 atom stereocenters. The lowest BCUT2D eigenvalue weighted by Crippen LogP contribution is -2.39. The molecular weight excluding hydrogens is 414 g/mol. The number of aryl methyl sites for hydroxylation is 1. The number of fused-ring (bicyclic) bond motifs is 1. The maximum Gasteiger partial charge on any atom is 0.0761 e. The number of hydrogen-bond acceptors (Lipinski definition) is 4. The Kier molecular flexibility index (Phi) is 9.08. The molecule has 1 fully saturated rings. The number of benzene rings is 1. The van der Waals surface area contributed by atoms with Crippen molar-refractivity contribution in [3.63, 3.8) is 0 Å². The Hall–Kier alpha value is -1.07. The molecule has 2 aliphatic rings. The molecule has 0 saturated heterocycles. The quantitative estimate of drug-likeness (QED) is 0.372. The lowest BCUT2D eigenvalue weighted by molar-refractivity contribution is 0.140. The molecule has 178 valence electrons. The molecule has 1 aromatic carbocycles. The van der Waals surface area contributed by atoms with Gasteiger partial charge in [0.15, 0.2) is 0 Å².